The van der Waals surface area contributed by atoms with Crippen LogP contribution in [-0.2, 0) is 0 Å². The van der Waals surface area contributed by atoms with Crippen molar-refractivity contribution in [3.63, 3.8) is 0 Å². The molecule has 0 aliphatic carbocycles. The molecule has 1 atom stereocenters. The second kappa shape index (κ2) is 5.32. The van der Waals surface area contributed by atoms with Crippen molar-refractivity contribution in [1.82, 2.24) is 4.90 Å². The molecule has 0 spiro atoms. The molecule has 88 valence electrons. The predicted octanol–water partition coefficient (Wildman–Crippen LogP) is 1.16. The van der Waals surface area contributed by atoms with Gasteiger partial charge in [-0.15, -0.1) is 0 Å². The molecule has 0 amide bonds. The molecule has 3 heteroatoms. The maximum absolute atomic E-state index is 5.84. The molecule has 0 radical (unpaired) electrons. The van der Waals surface area contributed by atoms with Gasteiger partial charge in [-0.25, -0.2) is 0 Å². The van der Waals surface area contributed by atoms with Crippen LogP contribution in [0.1, 0.15) is 6.42 Å². The van der Waals surface area contributed by atoms with Crippen molar-refractivity contribution in [2.75, 3.05) is 38.1 Å². The number of benzene rings is 1. The number of para-hydroxylation sites is 1. The van der Waals surface area contributed by atoms with Gasteiger partial charge < -0.3 is 15.5 Å². The van der Waals surface area contributed by atoms with Crippen molar-refractivity contribution >= 4 is 5.69 Å². The minimum absolute atomic E-state index is 0.475. The number of hydrogen-bond donors (Lipinski definition) is 1. The predicted molar refractivity (Wildman–Crippen MR) is 68.7 cm³/mol. The molecule has 1 aromatic rings. The van der Waals surface area contributed by atoms with Crippen molar-refractivity contribution in [2.45, 2.75) is 12.5 Å². The van der Waals surface area contributed by atoms with Gasteiger partial charge >= 0.3 is 0 Å². The average molecular weight is 219 g/mol. The van der Waals surface area contributed by atoms with E-state index in [0.717, 1.165) is 26.2 Å². The highest BCUT2D eigenvalue weighted by Gasteiger charge is 2.20. The van der Waals surface area contributed by atoms with E-state index in [9.17, 15) is 0 Å². The third-order valence-electron chi connectivity index (χ3n) is 3.39. The number of anilines is 1. The summed E-state index contributed by atoms with van der Waals surface area (Å²) in [5.41, 5.74) is 7.15. The maximum atomic E-state index is 5.84. The van der Waals surface area contributed by atoms with Gasteiger partial charge in [0.15, 0.2) is 0 Å². The molecule has 0 bridgehead atoms. The minimum atomic E-state index is 0.475. The van der Waals surface area contributed by atoms with E-state index in [2.05, 4.69) is 47.2 Å². The first-order valence-corrected chi connectivity index (χ1v) is 6.01. The Balaban J connectivity index is 2.10. The van der Waals surface area contributed by atoms with E-state index < -0.39 is 0 Å². The lowest BCUT2D eigenvalue weighted by atomic mass is 10.2. The molecule has 1 heterocycles. The van der Waals surface area contributed by atoms with Crippen molar-refractivity contribution in [3.8, 4) is 0 Å². The molecular weight excluding hydrogens is 198 g/mol. The Kier molecular flexibility index (Phi) is 3.80. The molecule has 1 aromatic carbocycles. The minimum Gasteiger partial charge on any atom is -0.370 e. The summed E-state index contributed by atoms with van der Waals surface area (Å²) in [5.74, 6) is 0. The fourth-order valence-electron chi connectivity index (χ4n) is 2.31. The van der Waals surface area contributed by atoms with Gasteiger partial charge in [-0.3, -0.25) is 0 Å². The lowest BCUT2D eigenvalue weighted by molar-refractivity contribution is 0.266. The molecule has 16 heavy (non-hydrogen) atoms. The van der Waals surface area contributed by atoms with E-state index in [1.165, 1.54) is 12.1 Å². The van der Waals surface area contributed by atoms with Crippen LogP contribution in [0.2, 0.25) is 0 Å². The lowest BCUT2D eigenvalue weighted by Gasteiger charge is -2.29. The normalized spacial score (nSPS) is 23.1. The van der Waals surface area contributed by atoms with Crippen LogP contribution in [-0.4, -0.2) is 44.2 Å². The first kappa shape index (κ1) is 11.4. The molecular formula is C13H21N3. The highest BCUT2D eigenvalue weighted by Crippen LogP contribution is 2.17. The largest absolute Gasteiger partial charge is 0.370 e. The van der Waals surface area contributed by atoms with E-state index in [1.54, 1.807) is 0 Å². The van der Waals surface area contributed by atoms with Crippen molar-refractivity contribution in [1.29, 1.82) is 0 Å². The Morgan fingerprint density at radius 3 is 2.69 bits per heavy atom. The standard InChI is InChI=1S/C13H21N3/c1-15-8-5-9-16(11-13(15)10-14)12-6-3-2-4-7-12/h2-4,6-7,13H,5,8-11,14H2,1H3. The quantitative estimate of drug-likeness (QED) is 0.810. The lowest BCUT2D eigenvalue weighted by Crippen LogP contribution is -2.43. The molecule has 1 fully saturated rings. The zero-order valence-corrected chi connectivity index (χ0v) is 9.97. The Morgan fingerprint density at radius 2 is 2.00 bits per heavy atom. The van der Waals surface area contributed by atoms with Crippen molar-refractivity contribution in [3.05, 3.63) is 30.3 Å². The van der Waals surface area contributed by atoms with Crippen LogP contribution in [0.5, 0.6) is 0 Å². The SMILES string of the molecule is CN1CCCN(c2ccccc2)CC1CN. The van der Waals surface area contributed by atoms with Gasteiger partial charge in [0.25, 0.3) is 0 Å². The third-order valence-corrected chi connectivity index (χ3v) is 3.39. The first-order valence-electron chi connectivity index (χ1n) is 6.01. The smallest absolute Gasteiger partial charge is 0.0390 e. The monoisotopic (exact) mass is 219 g/mol. The third kappa shape index (κ3) is 2.54. The Bertz CT molecular complexity index is 312. The topological polar surface area (TPSA) is 32.5 Å². The number of nitrogens with zero attached hydrogens (tertiary/aromatic N) is 2. The molecule has 3 nitrogen and oxygen atoms in total. The number of likely N-dealkylation sites (N-methyl/N-ethyl adjacent to an activating group) is 1. The Morgan fingerprint density at radius 1 is 1.25 bits per heavy atom. The molecule has 2 rings (SSSR count). The molecule has 0 saturated carbocycles. The fraction of sp³-hybridized carbons (Fsp3) is 0.538. The van der Waals surface area contributed by atoms with Crippen LogP contribution in [0.15, 0.2) is 30.3 Å². The van der Waals surface area contributed by atoms with Gasteiger partial charge in [0, 0.05) is 31.4 Å². The zero-order valence-electron chi connectivity index (χ0n) is 9.97. The van der Waals surface area contributed by atoms with Gasteiger partial charge in [-0.1, -0.05) is 18.2 Å². The van der Waals surface area contributed by atoms with Gasteiger partial charge in [0.1, 0.15) is 0 Å². The van der Waals surface area contributed by atoms with Crippen LogP contribution in [0.25, 0.3) is 0 Å². The summed E-state index contributed by atoms with van der Waals surface area (Å²) in [5, 5.41) is 0. The van der Waals surface area contributed by atoms with E-state index in [-0.39, 0.29) is 0 Å². The second-order valence-corrected chi connectivity index (χ2v) is 4.51. The number of hydrogen-bond acceptors (Lipinski definition) is 3. The summed E-state index contributed by atoms with van der Waals surface area (Å²) < 4.78 is 0. The summed E-state index contributed by atoms with van der Waals surface area (Å²) in [7, 11) is 2.17. The molecule has 1 aliphatic rings. The van der Waals surface area contributed by atoms with Gasteiger partial charge in [0.05, 0.1) is 0 Å². The summed E-state index contributed by atoms with van der Waals surface area (Å²) >= 11 is 0. The fourth-order valence-corrected chi connectivity index (χ4v) is 2.31. The van der Waals surface area contributed by atoms with Crippen LogP contribution in [0.4, 0.5) is 5.69 Å². The molecule has 2 N–H and O–H groups in total. The summed E-state index contributed by atoms with van der Waals surface area (Å²) in [4.78, 5) is 4.82. The van der Waals surface area contributed by atoms with Crippen LogP contribution in [0, 0.1) is 0 Å². The van der Waals surface area contributed by atoms with Crippen LogP contribution >= 0.6 is 0 Å². The van der Waals surface area contributed by atoms with E-state index in [0.29, 0.717) is 6.04 Å². The van der Waals surface area contributed by atoms with Crippen LogP contribution < -0.4 is 10.6 Å². The van der Waals surface area contributed by atoms with Crippen molar-refractivity contribution in [2.24, 2.45) is 5.73 Å². The van der Waals surface area contributed by atoms with Gasteiger partial charge in [-0.2, -0.15) is 0 Å². The summed E-state index contributed by atoms with van der Waals surface area (Å²) in [6, 6.07) is 11.1. The first-order chi connectivity index (χ1) is 7.81. The average Bonchev–Trinajstić information content (AvgIpc) is 2.52. The second-order valence-electron chi connectivity index (χ2n) is 4.51. The van der Waals surface area contributed by atoms with Gasteiger partial charge in [-0.05, 0) is 32.1 Å². The highest BCUT2D eigenvalue weighted by atomic mass is 15.2. The zero-order chi connectivity index (χ0) is 11.4. The van der Waals surface area contributed by atoms with Crippen molar-refractivity contribution < 1.29 is 0 Å². The molecule has 0 aromatic heterocycles. The van der Waals surface area contributed by atoms with Crippen LogP contribution in [0.3, 0.4) is 0 Å². The maximum Gasteiger partial charge on any atom is 0.0390 e. The number of nitrogens with two attached hydrogens (primary N) is 1. The van der Waals surface area contributed by atoms with E-state index >= 15 is 0 Å². The van der Waals surface area contributed by atoms with E-state index in [1.807, 2.05) is 0 Å². The summed E-state index contributed by atoms with van der Waals surface area (Å²) in [6.07, 6.45) is 1.21. The Labute approximate surface area is 97.8 Å². The highest BCUT2D eigenvalue weighted by molar-refractivity contribution is 5.46. The number of rotatable bonds is 2. The van der Waals surface area contributed by atoms with Gasteiger partial charge in [0.2, 0.25) is 0 Å². The Hall–Kier alpha value is -1.06. The molecule has 1 saturated heterocycles. The molecule has 1 aliphatic heterocycles. The summed E-state index contributed by atoms with van der Waals surface area (Å²) in [6.45, 7) is 4.05. The molecule has 1 unspecified atom stereocenters. The van der Waals surface area contributed by atoms with E-state index in [4.69, 9.17) is 5.73 Å².